The first-order chi connectivity index (χ1) is 7.97. The van der Waals surface area contributed by atoms with Gasteiger partial charge in [-0.1, -0.05) is 0 Å². The monoisotopic (exact) mass is 235 g/mol. The van der Waals surface area contributed by atoms with Gasteiger partial charge in [-0.05, 0) is 20.8 Å². The molecule has 2 amide bonds. The molecule has 1 aromatic heterocycles. The molecule has 0 fully saturated rings. The Morgan fingerprint density at radius 3 is 2.76 bits per heavy atom. The molecule has 0 saturated carbocycles. The van der Waals surface area contributed by atoms with Crippen LogP contribution >= 0.6 is 0 Å². The van der Waals surface area contributed by atoms with Crippen LogP contribution in [0.2, 0.25) is 0 Å². The highest BCUT2D eigenvalue weighted by atomic mass is 16.2. The van der Waals surface area contributed by atoms with Crippen LogP contribution < -0.4 is 11.1 Å². The van der Waals surface area contributed by atoms with Gasteiger partial charge in [0.2, 0.25) is 5.95 Å². The van der Waals surface area contributed by atoms with Gasteiger partial charge in [-0.15, -0.1) is 0 Å². The van der Waals surface area contributed by atoms with Crippen molar-refractivity contribution in [3.63, 3.8) is 0 Å². The summed E-state index contributed by atoms with van der Waals surface area (Å²) in [6, 6.07) is 0.0550. The molecule has 0 radical (unpaired) electrons. The van der Waals surface area contributed by atoms with Crippen molar-refractivity contribution in [2.45, 2.75) is 39.9 Å². The SMILES string of the molecule is Cc1nc(N)nc2c1CN(C(=O)NC(C)C)C2. The molecular formula is C11H17N5O. The summed E-state index contributed by atoms with van der Waals surface area (Å²) >= 11 is 0. The number of urea groups is 1. The lowest BCUT2D eigenvalue weighted by Gasteiger charge is -2.17. The molecule has 0 aliphatic carbocycles. The van der Waals surface area contributed by atoms with Crippen molar-refractivity contribution < 1.29 is 4.79 Å². The van der Waals surface area contributed by atoms with Gasteiger partial charge in [-0.25, -0.2) is 14.8 Å². The quantitative estimate of drug-likeness (QED) is 0.754. The summed E-state index contributed by atoms with van der Waals surface area (Å²) < 4.78 is 0. The number of fused-ring (bicyclic) bond motifs is 1. The second kappa shape index (κ2) is 4.20. The van der Waals surface area contributed by atoms with Gasteiger partial charge in [0.15, 0.2) is 0 Å². The molecule has 2 rings (SSSR count). The van der Waals surface area contributed by atoms with Crippen LogP contribution in [-0.2, 0) is 13.1 Å². The molecule has 1 aromatic rings. The standard InChI is InChI=1S/C11H17N5O/c1-6(2)13-11(17)16-4-8-7(3)14-10(12)15-9(8)5-16/h6H,4-5H2,1-3H3,(H,13,17)(H2,12,14,15). The number of nitrogens with zero attached hydrogens (tertiary/aromatic N) is 3. The van der Waals surface area contributed by atoms with Crippen LogP contribution in [-0.4, -0.2) is 26.9 Å². The van der Waals surface area contributed by atoms with E-state index in [1.807, 2.05) is 20.8 Å². The fraction of sp³-hybridized carbons (Fsp3) is 0.545. The Morgan fingerprint density at radius 1 is 1.41 bits per heavy atom. The zero-order valence-electron chi connectivity index (χ0n) is 10.3. The first kappa shape index (κ1) is 11.6. The van der Waals surface area contributed by atoms with Crippen LogP contribution in [0.25, 0.3) is 0 Å². The number of carbonyl (C=O) groups excluding carboxylic acids is 1. The number of aryl methyl sites for hydroxylation is 1. The number of rotatable bonds is 1. The van der Waals surface area contributed by atoms with Gasteiger partial charge >= 0.3 is 6.03 Å². The lowest BCUT2D eigenvalue weighted by Crippen LogP contribution is -2.40. The van der Waals surface area contributed by atoms with Gasteiger partial charge in [0.25, 0.3) is 0 Å². The van der Waals surface area contributed by atoms with E-state index in [0.29, 0.717) is 13.1 Å². The Kier molecular flexibility index (Phi) is 2.87. The van der Waals surface area contributed by atoms with Crippen molar-refractivity contribution in [3.8, 4) is 0 Å². The number of aromatic nitrogens is 2. The molecule has 0 aromatic carbocycles. The van der Waals surface area contributed by atoms with Crippen LogP contribution in [0.5, 0.6) is 0 Å². The average Bonchev–Trinajstić information content (AvgIpc) is 2.60. The van der Waals surface area contributed by atoms with Crippen LogP contribution in [0.4, 0.5) is 10.7 Å². The fourth-order valence-electron chi connectivity index (χ4n) is 1.92. The second-order valence-electron chi connectivity index (χ2n) is 4.55. The topological polar surface area (TPSA) is 84.1 Å². The van der Waals surface area contributed by atoms with Gasteiger partial charge < -0.3 is 16.0 Å². The second-order valence-corrected chi connectivity index (χ2v) is 4.55. The molecule has 0 unspecified atom stereocenters. The summed E-state index contributed by atoms with van der Waals surface area (Å²) in [6.45, 7) is 6.82. The third kappa shape index (κ3) is 2.30. The molecule has 17 heavy (non-hydrogen) atoms. The lowest BCUT2D eigenvalue weighted by atomic mass is 10.2. The van der Waals surface area contributed by atoms with E-state index in [1.165, 1.54) is 0 Å². The molecule has 0 atom stereocenters. The van der Waals surface area contributed by atoms with E-state index in [9.17, 15) is 4.79 Å². The summed E-state index contributed by atoms with van der Waals surface area (Å²) in [6.07, 6.45) is 0. The molecule has 1 aliphatic rings. The van der Waals surface area contributed by atoms with Crippen molar-refractivity contribution in [1.82, 2.24) is 20.2 Å². The molecule has 0 spiro atoms. The zero-order chi connectivity index (χ0) is 12.6. The molecule has 2 heterocycles. The number of nitrogens with two attached hydrogens (primary N) is 1. The molecule has 0 saturated heterocycles. The maximum Gasteiger partial charge on any atom is 0.318 e. The summed E-state index contributed by atoms with van der Waals surface area (Å²) in [5, 5.41) is 2.86. The zero-order valence-corrected chi connectivity index (χ0v) is 10.3. The van der Waals surface area contributed by atoms with Crippen molar-refractivity contribution in [1.29, 1.82) is 0 Å². The highest BCUT2D eigenvalue weighted by Crippen LogP contribution is 2.23. The van der Waals surface area contributed by atoms with Crippen LogP contribution in [0.3, 0.4) is 0 Å². The Bertz CT molecular complexity index is 457. The lowest BCUT2D eigenvalue weighted by molar-refractivity contribution is 0.195. The summed E-state index contributed by atoms with van der Waals surface area (Å²) in [7, 11) is 0. The van der Waals surface area contributed by atoms with Gasteiger partial charge in [0.05, 0.1) is 18.8 Å². The average molecular weight is 235 g/mol. The Labute approximate surface area is 100 Å². The number of carbonyl (C=O) groups is 1. The van der Waals surface area contributed by atoms with Gasteiger partial charge in [0, 0.05) is 17.3 Å². The first-order valence-corrected chi connectivity index (χ1v) is 5.64. The molecule has 3 N–H and O–H groups in total. The molecule has 0 bridgehead atoms. The van der Waals surface area contributed by atoms with E-state index in [0.717, 1.165) is 17.0 Å². The van der Waals surface area contributed by atoms with Crippen LogP contribution in [0.1, 0.15) is 30.8 Å². The fourth-order valence-corrected chi connectivity index (χ4v) is 1.92. The summed E-state index contributed by atoms with van der Waals surface area (Å²) in [5.74, 6) is 0.271. The Morgan fingerprint density at radius 2 is 2.12 bits per heavy atom. The Balaban J connectivity index is 2.16. The summed E-state index contributed by atoms with van der Waals surface area (Å²) in [5.41, 5.74) is 8.31. The first-order valence-electron chi connectivity index (χ1n) is 5.64. The minimum absolute atomic E-state index is 0.0732. The number of hydrogen-bond donors (Lipinski definition) is 2. The van der Waals surface area contributed by atoms with Crippen molar-refractivity contribution >= 4 is 12.0 Å². The van der Waals surface area contributed by atoms with E-state index >= 15 is 0 Å². The normalized spacial score (nSPS) is 14.0. The summed E-state index contributed by atoms with van der Waals surface area (Å²) in [4.78, 5) is 21.8. The minimum atomic E-state index is -0.0732. The maximum atomic E-state index is 11.9. The van der Waals surface area contributed by atoms with Gasteiger partial charge in [0.1, 0.15) is 0 Å². The maximum absolute atomic E-state index is 11.9. The van der Waals surface area contributed by atoms with Crippen molar-refractivity contribution in [2.24, 2.45) is 0 Å². The minimum Gasteiger partial charge on any atom is -0.368 e. The largest absolute Gasteiger partial charge is 0.368 e. The predicted octanol–water partition coefficient (Wildman–Crippen LogP) is 0.801. The number of anilines is 1. The molecule has 6 nitrogen and oxygen atoms in total. The van der Waals surface area contributed by atoms with Crippen molar-refractivity contribution in [2.75, 3.05) is 5.73 Å². The van der Waals surface area contributed by atoms with E-state index in [2.05, 4.69) is 15.3 Å². The number of hydrogen-bond acceptors (Lipinski definition) is 4. The van der Waals surface area contributed by atoms with Crippen LogP contribution in [0.15, 0.2) is 0 Å². The third-order valence-corrected chi connectivity index (χ3v) is 2.71. The molecule has 1 aliphatic heterocycles. The number of nitrogen functional groups attached to an aromatic ring is 1. The highest BCUT2D eigenvalue weighted by molar-refractivity contribution is 5.75. The van der Waals surface area contributed by atoms with Gasteiger partial charge in [-0.3, -0.25) is 0 Å². The van der Waals surface area contributed by atoms with Crippen molar-refractivity contribution in [3.05, 3.63) is 17.0 Å². The number of amides is 2. The Hall–Kier alpha value is -1.85. The predicted molar refractivity (Wildman–Crippen MR) is 64.1 cm³/mol. The molecule has 6 heteroatoms. The van der Waals surface area contributed by atoms with E-state index in [-0.39, 0.29) is 18.0 Å². The van der Waals surface area contributed by atoms with Gasteiger partial charge in [-0.2, -0.15) is 0 Å². The van der Waals surface area contributed by atoms with E-state index in [1.54, 1.807) is 4.90 Å². The van der Waals surface area contributed by atoms with E-state index in [4.69, 9.17) is 5.73 Å². The number of nitrogens with one attached hydrogen (secondary N) is 1. The smallest absolute Gasteiger partial charge is 0.318 e. The highest BCUT2D eigenvalue weighted by Gasteiger charge is 2.26. The molecule has 92 valence electrons. The molecular weight excluding hydrogens is 218 g/mol. The third-order valence-electron chi connectivity index (χ3n) is 2.71. The van der Waals surface area contributed by atoms with E-state index < -0.39 is 0 Å². The van der Waals surface area contributed by atoms with Crippen LogP contribution in [0, 0.1) is 6.92 Å².